The minimum Gasteiger partial charge on any atom is -0.454 e. The predicted molar refractivity (Wildman–Crippen MR) is 125 cm³/mol. The average Bonchev–Trinajstić information content (AvgIpc) is 3.25. The standard InChI is InChI=1S/C24H28Cl2N2O4/c1-4-15(2)27-24(30)16(3)28(13-18-5-8-19(25)20(26)11-18)23(29)10-7-17-6-9-21-22(12-17)32-14-31-21/h5-6,8-9,11-12,15-16H,4,7,10,13-14H2,1-3H3,(H,27,30)/t15-,16-/m0/s1. The van der Waals surface area contributed by atoms with Crippen LogP contribution in [0, 0.1) is 0 Å². The average molecular weight is 479 g/mol. The first-order chi connectivity index (χ1) is 15.3. The van der Waals surface area contributed by atoms with Crippen molar-refractivity contribution in [1.29, 1.82) is 0 Å². The molecule has 2 aromatic carbocycles. The van der Waals surface area contributed by atoms with Gasteiger partial charge in [0.15, 0.2) is 11.5 Å². The summed E-state index contributed by atoms with van der Waals surface area (Å²) in [5.74, 6) is 1.08. The third-order valence-corrected chi connectivity index (χ3v) is 6.31. The van der Waals surface area contributed by atoms with Crippen molar-refractivity contribution in [1.82, 2.24) is 10.2 Å². The fraction of sp³-hybridized carbons (Fsp3) is 0.417. The molecule has 0 saturated carbocycles. The summed E-state index contributed by atoms with van der Waals surface area (Å²) in [5.41, 5.74) is 1.77. The van der Waals surface area contributed by atoms with Crippen LogP contribution in [-0.4, -0.2) is 35.6 Å². The number of ether oxygens (including phenoxy) is 2. The van der Waals surface area contributed by atoms with Gasteiger partial charge in [0.25, 0.3) is 0 Å². The molecule has 1 aliphatic rings. The number of carbonyl (C=O) groups excluding carboxylic acids is 2. The number of nitrogens with one attached hydrogen (secondary N) is 1. The number of nitrogens with zero attached hydrogens (tertiary/aromatic N) is 1. The van der Waals surface area contributed by atoms with Crippen LogP contribution in [0.5, 0.6) is 11.5 Å². The molecule has 32 heavy (non-hydrogen) atoms. The molecule has 2 aromatic rings. The molecule has 0 bridgehead atoms. The van der Waals surface area contributed by atoms with Crippen LogP contribution in [0.1, 0.15) is 44.7 Å². The zero-order valence-electron chi connectivity index (χ0n) is 18.5. The predicted octanol–water partition coefficient (Wildman–Crippen LogP) is 4.99. The lowest BCUT2D eigenvalue weighted by Crippen LogP contribution is -2.49. The van der Waals surface area contributed by atoms with Gasteiger partial charge in [0.2, 0.25) is 18.6 Å². The van der Waals surface area contributed by atoms with Crippen LogP contribution in [0.4, 0.5) is 0 Å². The van der Waals surface area contributed by atoms with E-state index in [0.717, 1.165) is 17.5 Å². The lowest BCUT2D eigenvalue weighted by Gasteiger charge is -2.30. The number of benzene rings is 2. The molecule has 6 nitrogen and oxygen atoms in total. The van der Waals surface area contributed by atoms with Gasteiger partial charge < -0.3 is 19.7 Å². The Kier molecular flexibility index (Phi) is 8.26. The molecule has 0 aliphatic carbocycles. The van der Waals surface area contributed by atoms with E-state index in [2.05, 4.69) is 5.32 Å². The molecule has 1 N–H and O–H groups in total. The van der Waals surface area contributed by atoms with Crippen LogP contribution in [-0.2, 0) is 22.6 Å². The molecular weight excluding hydrogens is 451 g/mol. The number of halogens is 2. The number of fused-ring (bicyclic) bond motifs is 1. The largest absolute Gasteiger partial charge is 0.454 e. The van der Waals surface area contributed by atoms with Gasteiger partial charge in [-0.05, 0) is 62.1 Å². The highest BCUT2D eigenvalue weighted by Crippen LogP contribution is 2.33. The molecule has 2 amide bonds. The van der Waals surface area contributed by atoms with Gasteiger partial charge >= 0.3 is 0 Å². The molecule has 0 saturated heterocycles. The minimum atomic E-state index is -0.636. The van der Waals surface area contributed by atoms with E-state index in [9.17, 15) is 9.59 Å². The van der Waals surface area contributed by atoms with Crippen LogP contribution in [0.2, 0.25) is 10.0 Å². The summed E-state index contributed by atoms with van der Waals surface area (Å²) in [6, 6.07) is 10.3. The van der Waals surface area contributed by atoms with Gasteiger partial charge in [0.1, 0.15) is 6.04 Å². The number of hydrogen-bond acceptors (Lipinski definition) is 4. The number of amides is 2. The van der Waals surface area contributed by atoms with E-state index in [0.29, 0.717) is 28.0 Å². The molecule has 172 valence electrons. The Morgan fingerprint density at radius 1 is 1.03 bits per heavy atom. The molecule has 0 spiro atoms. The molecule has 1 heterocycles. The molecule has 0 aromatic heterocycles. The van der Waals surface area contributed by atoms with Gasteiger partial charge in [-0.2, -0.15) is 0 Å². The maximum Gasteiger partial charge on any atom is 0.242 e. The third-order valence-electron chi connectivity index (χ3n) is 5.57. The number of hydrogen-bond donors (Lipinski definition) is 1. The van der Waals surface area contributed by atoms with Crippen LogP contribution in [0.25, 0.3) is 0 Å². The van der Waals surface area contributed by atoms with Crippen molar-refractivity contribution in [3.05, 3.63) is 57.6 Å². The van der Waals surface area contributed by atoms with Gasteiger partial charge in [-0.25, -0.2) is 0 Å². The van der Waals surface area contributed by atoms with E-state index in [1.807, 2.05) is 38.1 Å². The monoisotopic (exact) mass is 478 g/mol. The summed E-state index contributed by atoms with van der Waals surface area (Å²) in [7, 11) is 0. The highest BCUT2D eigenvalue weighted by atomic mass is 35.5. The van der Waals surface area contributed by atoms with Crippen molar-refractivity contribution in [3.63, 3.8) is 0 Å². The Balaban J connectivity index is 1.74. The summed E-state index contributed by atoms with van der Waals surface area (Å²) in [4.78, 5) is 27.6. The molecule has 3 rings (SSSR count). The molecule has 2 atom stereocenters. The van der Waals surface area contributed by atoms with E-state index in [1.54, 1.807) is 24.0 Å². The first kappa shape index (κ1) is 24.2. The Morgan fingerprint density at radius 2 is 1.75 bits per heavy atom. The Hall–Kier alpha value is -2.44. The summed E-state index contributed by atoms with van der Waals surface area (Å²) in [6.07, 6.45) is 1.58. The molecule has 0 unspecified atom stereocenters. The maximum atomic E-state index is 13.2. The number of rotatable bonds is 9. The lowest BCUT2D eigenvalue weighted by atomic mass is 10.1. The zero-order chi connectivity index (χ0) is 23.3. The highest BCUT2D eigenvalue weighted by Gasteiger charge is 2.27. The van der Waals surface area contributed by atoms with Gasteiger partial charge in [-0.1, -0.05) is 42.3 Å². The third kappa shape index (κ3) is 6.08. The summed E-state index contributed by atoms with van der Waals surface area (Å²) in [5, 5.41) is 3.82. The van der Waals surface area contributed by atoms with E-state index >= 15 is 0 Å². The quantitative estimate of drug-likeness (QED) is 0.551. The fourth-order valence-electron chi connectivity index (χ4n) is 3.37. The van der Waals surface area contributed by atoms with Crippen LogP contribution < -0.4 is 14.8 Å². The van der Waals surface area contributed by atoms with E-state index < -0.39 is 6.04 Å². The molecule has 0 fully saturated rings. The molecule has 1 aliphatic heterocycles. The van der Waals surface area contributed by atoms with E-state index in [1.165, 1.54) is 0 Å². The fourth-order valence-corrected chi connectivity index (χ4v) is 3.69. The Labute approximate surface area is 198 Å². The van der Waals surface area contributed by atoms with Crippen molar-refractivity contribution in [3.8, 4) is 11.5 Å². The molecular formula is C24H28Cl2N2O4. The topological polar surface area (TPSA) is 67.9 Å². The van der Waals surface area contributed by atoms with Gasteiger partial charge in [-0.15, -0.1) is 0 Å². The Morgan fingerprint density at radius 3 is 2.47 bits per heavy atom. The van der Waals surface area contributed by atoms with Crippen LogP contribution >= 0.6 is 23.2 Å². The van der Waals surface area contributed by atoms with Crippen molar-refractivity contribution in [2.75, 3.05) is 6.79 Å². The second-order valence-corrected chi connectivity index (χ2v) is 8.77. The summed E-state index contributed by atoms with van der Waals surface area (Å²) >= 11 is 12.2. The van der Waals surface area contributed by atoms with Gasteiger partial charge in [0, 0.05) is 19.0 Å². The lowest BCUT2D eigenvalue weighted by molar-refractivity contribution is -0.140. The first-order valence-electron chi connectivity index (χ1n) is 10.7. The highest BCUT2D eigenvalue weighted by molar-refractivity contribution is 6.42. The van der Waals surface area contributed by atoms with E-state index in [-0.39, 0.29) is 37.6 Å². The second kappa shape index (κ2) is 10.9. The number of carbonyl (C=O) groups is 2. The van der Waals surface area contributed by atoms with Crippen LogP contribution in [0.15, 0.2) is 36.4 Å². The maximum absolute atomic E-state index is 13.2. The first-order valence-corrected chi connectivity index (χ1v) is 11.5. The normalized spacial score (nSPS) is 14.0. The van der Waals surface area contributed by atoms with Crippen molar-refractivity contribution in [2.45, 2.75) is 58.7 Å². The second-order valence-electron chi connectivity index (χ2n) is 7.95. The summed E-state index contributed by atoms with van der Waals surface area (Å²) < 4.78 is 10.8. The van der Waals surface area contributed by atoms with Crippen molar-refractivity contribution in [2.24, 2.45) is 0 Å². The Bertz CT molecular complexity index is 982. The SMILES string of the molecule is CC[C@H](C)NC(=O)[C@H](C)N(Cc1ccc(Cl)c(Cl)c1)C(=O)CCc1ccc2c(c1)OCO2. The zero-order valence-corrected chi connectivity index (χ0v) is 20.0. The molecule has 0 radical (unpaired) electrons. The minimum absolute atomic E-state index is 0.0283. The summed E-state index contributed by atoms with van der Waals surface area (Å²) in [6.45, 7) is 6.15. The molecule has 8 heteroatoms. The van der Waals surface area contributed by atoms with Gasteiger partial charge in [-0.3, -0.25) is 9.59 Å². The van der Waals surface area contributed by atoms with Crippen LogP contribution in [0.3, 0.4) is 0 Å². The van der Waals surface area contributed by atoms with E-state index in [4.69, 9.17) is 32.7 Å². The van der Waals surface area contributed by atoms with Crippen molar-refractivity contribution >= 4 is 35.0 Å². The number of aryl methyl sites for hydroxylation is 1. The van der Waals surface area contributed by atoms with Gasteiger partial charge in [0.05, 0.1) is 10.0 Å². The smallest absolute Gasteiger partial charge is 0.242 e. The van der Waals surface area contributed by atoms with Crippen molar-refractivity contribution < 1.29 is 19.1 Å².